The lowest BCUT2D eigenvalue weighted by Gasteiger charge is -2.35. The van der Waals surface area contributed by atoms with E-state index in [9.17, 15) is 9.59 Å². The number of anilines is 1. The van der Waals surface area contributed by atoms with Crippen LogP contribution in [0.15, 0.2) is 70.3 Å². The van der Waals surface area contributed by atoms with Gasteiger partial charge in [0.25, 0.3) is 5.56 Å². The van der Waals surface area contributed by atoms with Crippen molar-refractivity contribution in [3.63, 3.8) is 0 Å². The fraction of sp³-hybridized carbons (Fsp3) is 0.292. The molecule has 8 nitrogen and oxygen atoms in total. The van der Waals surface area contributed by atoms with E-state index in [1.165, 1.54) is 10.1 Å². The van der Waals surface area contributed by atoms with Gasteiger partial charge in [0, 0.05) is 39.8 Å². The lowest BCUT2D eigenvalue weighted by Crippen LogP contribution is -2.46. The third-order valence-corrected chi connectivity index (χ3v) is 6.07. The van der Waals surface area contributed by atoms with Gasteiger partial charge in [-0.05, 0) is 11.1 Å². The molecule has 0 bridgehead atoms. The first-order valence-corrected chi connectivity index (χ1v) is 10.8. The Kier molecular flexibility index (Phi) is 5.36. The van der Waals surface area contributed by atoms with Crippen LogP contribution in [0.1, 0.15) is 11.1 Å². The predicted molar refractivity (Wildman–Crippen MR) is 125 cm³/mol. The van der Waals surface area contributed by atoms with E-state index in [1.807, 2.05) is 41.0 Å². The molecule has 0 saturated carbocycles. The highest BCUT2D eigenvalue weighted by Gasteiger charge is 2.25. The van der Waals surface area contributed by atoms with Crippen molar-refractivity contribution in [3.05, 3.63) is 92.6 Å². The van der Waals surface area contributed by atoms with Gasteiger partial charge in [0.05, 0.1) is 6.54 Å². The number of aromatic amines is 1. The molecule has 1 saturated heterocycles. The number of piperazine rings is 1. The molecule has 2 aromatic carbocycles. The molecule has 1 N–H and O–H groups in total. The van der Waals surface area contributed by atoms with Gasteiger partial charge < -0.3 is 4.90 Å². The van der Waals surface area contributed by atoms with Gasteiger partial charge in [-0.1, -0.05) is 60.7 Å². The molecule has 0 atom stereocenters. The Hall–Kier alpha value is -3.65. The zero-order chi connectivity index (χ0) is 22.1. The molecule has 164 valence electrons. The Labute approximate surface area is 185 Å². The van der Waals surface area contributed by atoms with E-state index >= 15 is 0 Å². The number of hydrogen-bond donors (Lipinski definition) is 1. The molecule has 0 aliphatic carbocycles. The molecule has 1 fully saturated rings. The molecule has 0 radical (unpaired) electrons. The zero-order valence-electron chi connectivity index (χ0n) is 18.1. The smallest absolute Gasteiger partial charge is 0.329 e. The highest BCUT2D eigenvalue weighted by molar-refractivity contribution is 5.74. The summed E-state index contributed by atoms with van der Waals surface area (Å²) in [6.45, 7) is 4.84. The minimum atomic E-state index is -0.453. The summed E-state index contributed by atoms with van der Waals surface area (Å²) in [6.07, 6.45) is 0. The maximum atomic E-state index is 12.8. The van der Waals surface area contributed by atoms with Gasteiger partial charge in [0.1, 0.15) is 0 Å². The maximum absolute atomic E-state index is 12.8. The molecule has 5 rings (SSSR count). The molecule has 4 aromatic rings. The molecular formula is C24H26N6O2. The largest absolute Gasteiger partial charge is 0.340 e. The highest BCUT2D eigenvalue weighted by Crippen LogP contribution is 2.23. The Morgan fingerprint density at radius 2 is 1.44 bits per heavy atom. The number of aromatic nitrogens is 4. The monoisotopic (exact) mass is 430 g/mol. The minimum absolute atomic E-state index is 0.402. The third-order valence-electron chi connectivity index (χ3n) is 6.07. The number of hydrogen-bond acceptors (Lipinski definition) is 5. The standard InChI is InChI=1S/C24H26N6O2/c1-27-21-20(22(31)26-24(27)32)30(17-19-10-6-3-7-11-19)23(25-21)29-14-12-28(13-15-29)16-18-8-4-2-5-9-18/h2-11H,12-17H2,1H3,(H,26,31,32). The van der Waals surface area contributed by atoms with Gasteiger partial charge in [-0.15, -0.1) is 0 Å². The van der Waals surface area contributed by atoms with E-state index in [4.69, 9.17) is 4.98 Å². The number of benzene rings is 2. The molecule has 0 unspecified atom stereocenters. The molecule has 3 heterocycles. The summed E-state index contributed by atoms with van der Waals surface area (Å²) in [4.78, 5) is 36.8. The van der Waals surface area contributed by atoms with E-state index in [1.54, 1.807) is 7.05 Å². The SMILES string of the molecule is Cn1c(=O)[nH]c(=O)c2c1nc(N1CCN(Cc3ccccc3)CC1)n2Cc1ccccc1. The van der Waals surface area contributed by atoms with Crippen molar-refractivity contribution in [3.8, 4) is 0 Å². The van der Waals surface area contributed by atoms with Crippen LogP contribution >= 0.6 is 0 Å². The molecule has 0 amide bonds. The number of rotatable bonds is 5. The number of H-pyrrole nitrogens is 1. The van der Waals surface area contributed by atoms with Crippen LogP contribution in [0, 0.1) is 0 Å². The summed E-state index contributed by atoms with van der Waals surface area (Å²) in [5, 5.41) is 0. The topological polar surface area (TPSA) is 79.2 Å². The van der Waals surface area contributed by atoms with Gasteiger partial charge in [0.2, 0.25) is 5.95 Å². The summed E-state index contributed by atoms with van der Waals surface area (Å²) in [5.41, 5.74) is 2.36. The summed E-state index contributed by atoms with van der Waals surface area (Å²) < 4.78 is 3.35. The average molecular weight is 431 g/mol. The first-order chi connectivity index (χ1) is 15.6. The van der Waals surface area contributed by atoms with Crippen molar-refractivity contribution in [2.45, 2.75) is 13.1 Å². The van der Waals surface area contributed by atoms with Crippen LogP contribution < -0.4 is 16.1 Å². The van der Waals surface area contributed by atoms with Crippen LogP contribution in [0.3, 0.4) is 0 Å². The average Bonchev–Trinajstić information content (AvgIpc) is 3.19. The zero-order valence-corrected chi connectivity index (χ0v) is 18.1. The van der Waals surface area contributed by atoms with Crippen molar-refractivity contribution >= 4 is 17.1 Å². The third kappa shape index (κ3) is 3.85. The Morgan fingerprint density at radius 1 is 0.844 bits per heavy atom. The number of aryl methyl sites for hydroxylation is 1. The first kappa shape index (κ1) is 20.3. The Balaban J connectivity index is 1.47. The van der Waals surface area contributed by atoms with Crippen molar-refractivity contribution in [2.24, 2.45) is 7.05 Å². The first-order valence-electron chi connectivity index (χ1n) is 10.8. The summed E-state index contributed by atoms with van der Waals surface area (Å²) in [6, 6.07) is 20.5. The lowest BCUT2D eigenvalue weighted by atomic mass is 10.2. The number of imidazole rings is 1. The summed E-state index contributed by atoms with van der Waals surface area (Å²) in [5.74, 6) is 0.731. The van der Waals surface area contributed by atoms with Gasteiger partial charge in [-0.25, -0.2) is 4.79 Å². The molecule has 1 aliphatic rings. The molecular weight excluding hydrogens is 404 g/mol. The Morgan fingerprint density at radius 3 is 2.06 bits per heavy atom. The molecule has 1 aliphatic heterocycles. The molecule has 2 aromatic heterocycles. The normalized spacial score (nSPS) is 14.8. The van der Waals surface area contributed by atoms with E-state index in [0.717, 1.165) is 44.2 Å². The van der Waals surface area contributed by atoms with Gasteiger partial charge in [0.15, 0.2) is 11.2 Å². The number of fused-ring (bicyclic) bond motifs is 1. The van der Waals surface area contributed by atoms with Crippen LogP contribution in [0.25, 0.3) is 11.2 Å². The maximum Gasteiger partial charge on any atom is 0.329 e. The van der Waals surface area contributed by atoms with E-state index < -0.39 is 11.2 Å². The lowest BCUT2D eigenvalue weighted by molar-refractivity contribution is 0.248. The fourth-order valence-electron chi connectivity index (χ4n) is 4.33. The van der Waals surface area contributed by atoms with Crippen LogP contribution in [-0.2, 0) is 20.1 Å². The van der Waals surface area contributed by atoms with Crippen molar-refractivity contribution < 1.29 is 0 Å². The second-order valence-corrected chi connectivity index (χ2v) is 8.22. The van der Waals surface area contributed by atoms with E-state index in [2.05, 4.69) is 39.0 Å². The second-order valence-electron chi connectivity index (χ2n) is 8.22. The van der Waals surface area contributed by atoms with Crippen LogP contribution in [-0.4, -0.2) is 50.2 Å². The van der Waals surface area contributed by atoms with E-state index in [0.29, 0.717) is 17.7 Å². The van der Waals surface area contributed by atoms with E-state index in [-0.39, 0.29) is 0 Å². The Bertz CT molecular complexity index is 1330. The van der Waals surface area contributed by atoms with Gasteiger partial charge in [-0.3, -0.25) is 23.8 Å². The van der Waals surface area contributed by atoms with Crippen LogP contribution in [0.5, 0.6) is 0 Å². The van der Waals surface area contributed by atoms with Crippen molar-refractivity contribution in [2.75, 3.05) is 31.1 Å². The van der Waals surface area contributed by atoms with Crippen LogP contribution in [0.2, 0.25) is 0 Å². The number of nitrogens with zero attached hydrogens (tertiary/aromatic N) is 5. The molecule has 0 spiro atoms. The quantitative estimate of drug-likeness (QED) is 0.522. The second kappa shape index (κ2) is 8.47. The summed E-state index contributed by atoms with van der Waals surface area (Å²) in [7, 11) is 1.64. The highest BCUT2D eigenvalue weighted by atomic mass is 16.2. The predicted octanol–water partition coefficient (Wildman–Crippen LogP) is 1.79. The summed E-state index contributed by atoms with van der Waals surface area (Å²) >= 11 is 0. The van der Waals surface area contributed by atoms with Crippen molar-refractivity contribution in [1.82, 2.24) is 24.0 Å². The number of nitrogens with one attached hydrogen (secondary N) is 1. The van der Waals surface area contributed by atoms with Crippen molar-refractivity contribution in [1.29, 1.82) is 0 Å². The van der Waals surface area contributed by atoms with Gasteiger partial charge >= 0.3 is 5.69 Å². The minimum Gasteiger partial charge on any atom is -0.340 e. The van der Waals surface area contributed by atoms with Crippen LogP contribution in [0.4, 0.5) is 5.95 Å². The molecule has 32 heavy (non-hydrogen) atoms. The molecule has 8 heteroatoms. The fourth-order valence-corrected chi connectivity index (χ4v) is 4.33. The van der Waals surface area contributed by atoms with Gasteiger partial charge in [-0.2, -0.15) is 4.98 Å².